The van der Waals surface area contributed by atoms with Gasteiger partial charge in [-0.25, -0.2) is 0 Å². The second-order valence-corrected chi connectivity index (χ2v) is 7.00. The van der Waals surface area contributed by atoms with E-state index in [4.69, 9.17) is 9.47 Å². The average Bonchev–Trinajstić information content (AvgIpc) is 2.50. The van der Waals surface area contributed by atoms with Gasteiger partial charge in [0.1, 0.15) is 0 Å². The molecular weight excluding hydrogens is 296 g/mol. The molecule has 0 aromatic rings. The van der Waals surface area contributed by atoms with Gasteiger partial charge in [-0.3, -0.25) is 9.59 Å². The number of hydrogen-bond donors (Lipinski definition) is 1. The van der Waals surface area contributed by atoms with Crippen molar-refractivity contribution in [3.8, 4) is 0 Å². The minimum Gasteiger partial charge on any atom is -0.384 e. The Morgan fingerprint density at radius 2 is 1.87 bits per heavy atom. The van der Waals surface area contributed by atoms with Gasteiger partial charge >= 0.3 is 0 Å². The summed E-state index contributed by atoms with van der Waals surface area (Å²) in [5.74, 6) is 0.298. The molecule has 6 heteroatoms. The maximum Gasteiger partial charge on any atom is 0.231 e. The molecule has 2 aliphatic rings. The molecule has 1 atom stereocenters. The number of nitrogens with one attached hydrogen (secondary N) is 1. The summed E-state index contributed by atoms with van der Waals surface area (Å²) in [7, 11) is 3.29. The fourth-order valence-corrected chi connectivity index (χ4v) is 3.63. The summed E-state index contributed by atoms with van der Waals surface area (Å²) in [4.78, 5) is 26.9. The van der Waals surface area contributed by atoms with Crippen LogP contribution in [-0.2, 0) is 19.1 Å². The zero-order chi connectivity index (χ0) is 16.9. The lowest BCUT2D eigenvalue weighted by Gasteiger charge is -2.44. The van der Waals surface area contributed by atoms with Crippen molar-refractivity contribution < 1.29 is 19.1 Å². The van der Waals surface area contributed by atoms with Crippen LogP contribution < -0.4 is 5.32 Å². The number of ether oxygens (including phenoxy) is 2. The Morgan fingerprint density at radius 3 is 2.35 bits per heavy atom. The molecule has 2 fully saturated rings. The second kappa shape index (κ2) is 8.11. The van der Waals surface area contributed by atoms with Gasteiger partial charge in [0, 0.05) is 39.3 Å². The zero-order valence-electron chi connectivity index (χ0n) is 14.6. The van der Waals surface area contributed by atoms with Crippen LogP contribution in [0, 0.1) is 11.3 Å². The van der Waals surface area contributed by atoms with E-state index in [0.717, 1.165) is 32.1 Å². The Hall–Kier alpha value is -1.14. The summed E-state index contributed by atoms with van der Waals surface area (Å²) >= 11 is 0. The first-order valence-corrected chi connectivity index (χ1v) is 8.60. The lowest BCUT2D eigenvalue weighted by molar-refractivity contribution is -0.154. The van der Waals surface area contributed by atoms with Crippen LogP contribution >= 0.6 is 0 Å². The highest BCUT2D eigenvalue weighted by Gasteiger charge is 2.47. The molecule has 0 spiro atoms. The quantitative estimate of drug-likeness (QED) is 0.763. The van der Waals surface area contributed by atoms with Crippen LogP contribution in [0.3, 0.4) is 0 Å². The third-order valence-electron chi connectivity index (χ3n) is 5.14. The second-order valence-electron chi connectivity index (χ2n) is 7.00. The van der Waals surface area contributed by atoms with Crippen molar-refractivity contribution in [2.75, 3.05) is 40.5 Å². The number of likely N-dealkylation sites (tertiary alicyclic amines) is 1. The molecular formula is C17H30N2O4. The minimum absolute atomic E-state index is 0.00174. The predicted octanol–water partition coefficient (Wildman–Crippen LogP) is 1.19. The van der Waals surface area contributed by atoms with Gasteiger partial charge in [0.15, 0.2) is 0 Å². The van der Waals surface area contributed by atoms with Gasteiger partial charge in [-0.1, -0.05) is 6.42 Å². The maximum absolute atomic E-state index is 12.8. The Morgan fingerprint density at radius 1 is 1.22 bits per heavy atom. The van der Waals surface area contributed by atoms with Crippen LogP contribution in [0.1, 0.15) is 39.0 Å². The highest BCUT2D eigenvalue weighted by atomic mass is 16.5. The molecule has 1 saturated heterocycles. The molecule has 6 nitrogen and oxygen atoms in total. The number of methoxy groups -OCH3 is 2. The van der Waals surface area contributed by atoms with E-state index in [0.29, 0.717) is 26.3 Å². The van der Waals surface area contributed by atoms with Crippen LogP contribution in [0.25, 0.3) is 0 Å². The first-order chi connectivity index (χ1) is 11.0. The first-order valence-electron chi connectivity index (χ1n) is 8.60. The van der Waals surface area contributed by atoms with E-state index in [1.165, 1.54) is 0 Å². The fourth-order valence-electron chi connectivity index (χ4n) is 3.63. The molecule has 1 aliphatic carbocycles. The van der Waals surface area contributed by atoms with Crippen molar-refractivity contribution in [1.29, 1.82) is 0 Å². The summed E-state index contributed by atoms with van der Waals surface area (Å²) < 4.78 is 10.3. The predicted molar refractivity (Wildman–Crippen MR) is 86.9 cm³/mol. The average molecular weight is 326 g/mol. The number of nitrogens with zero attached hydrogens (tertiary/aromatic N) is 1. The van der Waals surface area contributed by atoms with Crippen LogP contribution in [0.15, 0.2) is 0 Å². The number of piperidine rings is 1. The number of carbonyl (C=O) groups excluding carboxylic acids is 2. The fraction of sp³-hybridized carbons (Fsp3) is 0.882. The van der Waals surface area contributed by atoms with Gasteiger partial charge in [-0.15, -0.1) is 0 Å². The van der Waals surface area contributed by atoms with Crippen LogP contribution in [0.2, 0.25) is 0 Å². The van der Waals surface area contributed by atoms with E-state index in [1.807, 2.05) is 11.8 Å². The van der Waals surface area contributed by atoms with E-state index in [2.05, 4.69) is 5.32 Å². The molecule has 0 bridgehead atoms. The summed E-state index contributed by atoms with van der Waals surface area (Å²) in [5.41, 5.74) is -0.295. The molecule has 1 N–H and O–H groups in total. The lowest BCUT2D eigenvalue weighted by Crippen LogP contribution is -2.53. The minimum atomic E-state index is -0.295. The first kappa shape index (κ1) is 18.2. The van der Waals surface area contributed by atoms with Crippen LogP contribution in [-0.4, -0.2) is 63.3 Å². The highest BCUT2D eigenvalue weighted by Crippen LogP contribution is 2.43. The van der Waals surface area contributed by atoms with Crippen molar-refractivity contribution in [1.82, 2.24) is 10.2 Å². The maximum atomic E-state index is 12.8. The summed E-state index contributed by atoms with van der Waals surface area (Å²) in [6.07, 6.45) is 4.43. The molecule has 0 aromatic heterocycles. The molecule has 23 heavy (non-hydrogen) atoms. The normalized spacial score (nSPS) is 22.3. The molecule has 0 unspecified atom stereocenters. The largest absolute Gasteiger partial charge is 0.384 e. The Labute approximate surface area is 138 Å². The van der Waals surface area contributed by atoms with Gasteiger partial charge in [0.2, 0.25) is 11.8 Å². The lowest BCUT2D eigenvalue weighted by atomic mass is 9.68. The van der Waals surface area contributed by atoms with Crippen molar-refractivity contribution >= 4 is 11.8 Å². The standard InChI is InChI=1S/C17H30N2O4/c1-13(11-22-2)18-15(20)14-5-9-19(10-6-14)16(21)17(12-23-3)7-4-8-17/h13-14H,4-12H2,1-3H3,(H,18,20)/t13-/m0/s1. The molecule has 1 aliphatic heterocycles. The molecule has 2 rings (SSSR count). The van der Waals surface area contributed by atoms with Gasteiger partial charge in [-0.2, -0.15) is 0 Å². The van der Waals surface area contributed by atoms with E-state index in [9.17, 15) is 9.59 Å². The van der Waals surface area contributed by atoms with Crippen molar-refractivity contribution in [3.05, 3.63) is 0 Å². The van der Waals surface area contributed by atoms with E-state index in [-0.39, 0.29) is 29.2 Å². The van der Waals surface area contributed by atoms with Gasteiger partial charge < -0.3 is 19.7 Å². The van der Waals surface area contributed by atoms with Gasteiger partial charge in [0.05, 0.1) is 18.6 Å². The van der Waals surface area contributed by atoms with Crippen molar-refractivity contribution in [2.24, 2.45) is 11.3 Å². The van der Waals surface area contributed by atoms with Crippen LogP contribution in [0.4, 0.5) is 0 Å². The molecule has 2 amide bonds. The van der Waals surface area contributed by atoms with E-state index < -0.39 is 0 Å². The number of rotatable bonds is 7. The van der Waals surface area contributed by atoms with Gasteiger partial charge in [0.25, 0.3) is 0 Å². The molecule has 1 saturated carbocycles. The van der Waals surface area contributed by atoms with Crippen molar-refractivity contribution in [3.63, 3.8) is 0 Å². The van der Waals surface area contributed by atoms with Crippen molar-refractivity contribution in [2.45, 2.75) is 45.1 Å². The smallest absolute Gasteiger partial charge is 0.231 e. The van der Waals surface area contributed by atoms with E-state index >= 15 is 0 Å². The number of carbonyl (C=O) groups is 2. The summed E-state index contributed by atoms with van der Waals surface area (Å²) in [5, 5.41) is 2.98. The molecule has 1 heterocycles. The Balaban J connectivity index is 1.81. The molecule has 132 valence electrons. The molecule has 0 radical (unpaired) electrons. The third kappa shape index (κ3) is 4.23. The summed E-state index contributed by atoms with van der Waals surface area (Å²) in [6, 6.07) is 0.0205. The Kier molecular flexibility index (Phi) is 6.41. The van der Waals surface area contributed by atoms with E-state index in [1.54, 1.807) is 14.2 Å². The number of hydrogen-bond acceptors (Lipinski definition) is 4. The number of amides is 2. The monoisotopic (exact) mass is 326 g/mol. The zero-order valence-corrected chi connectivity index (χ0v) is 14.6. The molecule has 0 aromatic carbocycles. The third-order valence-corrected chi connectivity index (χ3v) is 5.14. The topological polar surface area (TPSA) is 67.9 Å². The highest BCUT2D eigenvalue weighted by molar-refractivity contribution is 5.84. The Bertz CT molecular complexity index is 415. The SMILES string of the molecule is COC[C@H](C)NC(=O)C1CCN(C(=O)C2(COC)CCC2)CC1. The van der Waals surface area contributed by atoms with Crippen LogP contribution in [0.5, 0.6) is 0 Å². The summed E-state index contributed by atoms with van der Waals surface area (Å²) in [6.45, 7) is 4.30. The van der Waals surface area contributed by atoms with Gasteiger partial charge in [-0.05, 0) is 32.6 Å².